The van der Waals surface area contributed by atoms with Crippen LogP contribution in [-0.4, -0.2) is 73.1 Å². The van der Waals surface area contributed by atoms with E-state index in [1.807, 2.05) is 47.4 Å². The molecule has 2 aliphatic heterocycles. The van der Waals surface area contributed by atoms with Gasteiger partial charge in [-0.2, -0.15) is 0 Å². The summed E-state index contributed by atoms with van der Waals surface area (Å²) in [7, 11) is 1.66. The van der Waals surface area contributed by atoms with Gasteiger partial charge in [0.15, 0.2) is 0 Å². The van der Waals surface area contributed by atoms with Crippen molar-refractivity contribution in [2.24, 2.45) is 0 Å². The second-order valence-electron chi connectivity index (χ2n) is 8.64. The summed E-state index contributed by atoms with van der Waals surface area (Å²) in [4.78, 5) is 34.7. The van der Waals surface area contributed by atoms with E-state index in [0.717, 1.165) is 47.5 Å². The SMILES string of the molecule is COc1ccccc1N1CCN(C(=O)CNC(=O)N2CCc3c([nH]c4ccc(Cl)cc34)C2)CC1. The third-order valence-corrected chi connectivity index (χ3v) is 6.91. The summed E-state index contributed by atoms with van der Waals surface area (Å²) in [6, 6.07) is 13.5. The Bertz CT molecular complexity index is 1220. The minimum Gasteiger partial charge on any atom is -0.495 e. The van der Waals surface area contributed by atoms with Crippen LogP contribution in [-0.2, 0) is 17.8 Å². The van der Waals surface area contributed by atoms with Gasteiger partial charge in [-0.3, -0.25) is 4.79 Å². The van der Waals surface area contributed by atoms with Crippen molar-refractivity contribution < 1.29 is 14.3 Å². The van der Waals surface area contributed by atoms with Gasteiger partial charge in [0.25, 0.3) is 0 Å². The van der Waals surface area contributed by atoms with Crippen LogP contribution in [0, 0.1) is 0 Å². The van der Waals surface area contributed by atoms with Gasteiger partial charge >= 0.3 is 6.03 Å². The summed E-state index contributed by atoms with van der Waals surface area (Å²) in [5.41, 5.74) is 4.30. The molecular formula is C25H28ClN5O3. The Morgan fingerprint density at radius 2 is 1.85 bits per heavy atom. The third-order valence-electron chi connectivity index (χ3n) is 6.67. The first-order chi connectivity index (χ1) is 16.5. The van der Waals surface area contributed by atoms with Gasteiger partial charge in [-0.15, -0.1) is 0 Å². The Balaban J connectivity index is 1.13. The van der Waals surface area contributed by atoms with Gasteiger partial charge < -0.3 is 29.7 Å². The number of anilines is 1. The van der Waals surface area contributed by atoms with Crippen LogP contribution in [0.5, 0.6) is 5.75 Å². The minimum absolute atomic E-state index is 0.000835. The number of urea groups is 1. The van der Waals surface area contributed by atoms with Crippen LogP contribution in [0.3, 0.4) is 0 Å². The van der Waals surface area contributed by atoms with E-state index in [0.29, 0.717) is 31.2 Å². The zero-order chi connectivity index (χ0) is 23.7. The van der Waals surface area contributed by atoms with E-state index in [2.05, 4.69) is 15.2 Å². The lowest BCUT2D eigenvalue weighted by Gasteiger charge is -2.36. The topological polar surface area (TPSA) is 80.9 Å². The lowest BCUT2D eigenvalue weighted by atomic mass is 10.0. The number of piperazine rings is 1. The van der Waals surface area contributed by atoms with Crippen molar-refractivity contribution in [2.45, 2.75) is 13.0 Å². The second-order valence-corrected chi connectivity index (χ2v) is 9.08. The van der Waals surface area contributed by atoms with Crippen molar-refractivity contribution in [3.63, 3.8) is 0 Å². The number of para-hydroxylation sites is 2. The van der Waals surface area contributed by atoms with Crippen molar-refractivity contribution in [2.75, 3.05) is 51.3 Å². The standard InChI is InChI=1S/C25H28ClN5O3/c1-34-23-5-3-2-4-22(23)29-10-12-30(13-11-29)24(32)15-27-25(33)31-9-8-18-19-14-17(26)6-7-20(19)28-21(18)16-31/h2-7,14,28H,8-13,15-16H2,1H3,(H,27,33). The highest BCUT2D eigenvalue weighted by molar-refractivity contribution is 6.31. The molecule has 3 amide bonds. The van der Waals surface area contributed by atoms with Crippen molar-refractivity contribution >= 4 is 40.1 Å². The lowest BCUT2D eigenvalue weighted by Crippen LogP contribution is -2.52. The average Bonchev–Trinajstić information content (AvgIpc) is 3.24. The van der Waals surface area contributed by atoms with Crippen LogP contribution < -0.4 is 15.0 Å². The number of nitrogens with zero attached hydrogens (tertiary/aromatic N) is 3. The molecule has 2 aromatic carbocycles. The largest absolute Gasteiger partial charge is 0.495 e. The van der Waals surface area contributed by atoms with Crippen LogP contribution >= 0.6 is 11.6 Å². The van der Waals surface area contributed by atoms with Gasteiger partial charge in [-0.05, 0) is 42.3 Å². The molecule has 1 fully saturated rings. The zero-order valence-corrected chi connectivity index (χ0v) is 19.9. The molecule has 2 aliphatic rings. The molecule has 0 spiro atoms. The zero-order valence-electron chi connectivity index (χ0n) is 19.1. The number of aromatic amines is 1. The number of hydrogen-bond acceptors (Lipinski definition) is 4. The van der Waals surface area contributed by atoms with E-state index < -0.39 is 0 Å². The van der Waals surface area contributed by atoms with Crippen molar-refractivity contribution in [3.8, 4) is 5.75 Å². The van der Waals surface area contributed by atoms with E-state index in [4.69, 9.17) is 16.3 Å². The maximum atomic E-state index is 12.8. The number of methoxy groups -OCH3 is 1. The molecule has 0 aliphatic carbocycles. The number of fused-ring (bicyclic) bond motifs is 3. The highest BCUT2D eigenvalue weighted by Crippen LogP contribution is 2.30. The third kappa shape index (κ3) is 4.37. The summed E-state index contributed by atoms with van der Waals surface area (Å²) in [6.07, 6.45) is 0.752. The fourth-order valence-electron chi connectivity index (χ4n) is 4.85. The molecule has 34 heavy (non-hydrogen) atoms. The Hall–Kier alpha value is -3.39. The summed E-state index contributed by atoms with van der Waals surface area (Å²) in [5.74, 6) is 0.767. The summed E-state index contributed by atoms with van der Waals surface area (Å²) < 4.78 is 5.46. The van der Waals surface area contributed by atoms with Crippen LogP contribution in [0.2, 0.25) is 5.02 Å². The van der Waals surface area contributed by atoms with Gasteiger partial charge in [0.1, 0.15) is 5.75 Å². The highest BCUT2D eigenvalue weighted by Gasteiger charge is 2.26. The number of amides is 3. The minimum atomic E-state index is -0.219. The molecule has 0 radical (unpaired) electrons. The van der Waals surface area contributed by atoms with E-state index in [-0.39, 0.29) is 18.5 Å². The van der Waals surface area contributed by atoms with Gasteiger partial charge in [0.05, 0.1) is 25.9 Å². The molecule has 3 aromatic rings. The fourth-order valence-corrected chi connectivity index (χ4v) is 5.02. The first-order valence-electron chi connectivity index (χ1n) is 11.5. The summed E-state index contributed by atoms with van der Waals surface area (Å²) in [5, 5.41) is 4.63. The number of H-pyrrole nitrogens is 1. The molecule has 178 valence electrons. The number of ether oxygens (including phenoxy) is 1. The average molecular weight is 482 g/mol. The van der Waals surface area contributed by atoms with Gasteiger partial charge in [0.2, 0.25) is 5.91 Å². The summed E-state index contributed by atoms with van der Waals surface area (Å²) >= 11 is 6.15. The number of benzene rings is 2. The van der Waals surface area contributed by atoms with Gasteiger partial charge in [-0.25, -0.2) is 4.79 Å². The van der Waals surface area contributed by atoms with Crippen LogP contribution in [0.4, 0.5) is 10.5 Å². The highest BCUT2D eigenvalue weighted by atomic mass is 35.5. The van der Waals surface area contributed by atoms with Crippen LogP contribution in [0.1, 0.15) is 11.3 Å². The number of rotatable bonds is 4. The molecule has 8 nitrogen and oxygen atoms in total. The Kier molecular flexibility index (Phi) is 6.24. The monoisotopic (exact) mass is 481 g/mol. The van der Waals surface area contributed by atoms with E-state index in [9.17, 15) is 9.59 Å². The molecule has 2 N–H and O–H groups in total. The van der Waals surface area contributed by atoms with Crippen LogP contribution in [0.15, 0.2) is 42.5 Å². The lowest BCUT2D eigenvalue weighted by molar-refractivity contribution is -0.130. The van der Waals surface area contributed by atoms with E-state index in [1.165, 1.54) is 5.56 Å². The molecule has 0 saturated carbocycles. The predicted molar refractivity (Wildman–Crippen MR) is 133 cm³/mol. The maximum absolute atomic E-state index is 12.8. The van der Waals surface area contributed by atoms with E-state index in [1.54, 1.807) is 12.0 Å². The number of aromatic nitrogens is 1. The number of carbonyl (C=O) groups is 2. The smallest absolute Gasteiger partial charge is 0.318 e. The van der Waals surface area contributed by atoms with Crippen molar-refractivity contribution in [1.82, 2.24) is 20.1 Å². The number of nitrogens with one attached hydrogen (secondary N) is 2. The molecule has 1 aromatic heterocycles. The van der Waals surface area contributed by atoms with Gasteiger partial charge in [0, 0.05) is 54.3 Å². The second kappa shape index (κ2) is 9.46. The number of carbonyl (C=O) groups excluding carboxylic acids is 2. The Morgan fingerprint density at radius 1 is 1.06 bits per heavy atom. The molecule has 3 heterocycles. The van der Waals surface area contributed by atoms with E-state index >= 15 is 0 Å². The molecular weight excluding hydrogens is 454 g/mol. The molecule has 0 bridgehead atoms. The van der Waals surface area contributed by atoms with Crippen LogP contribution in [0.25, 0.3) is 10.9 Å². The maximum Gasteiger partial charge on any atom is 0.318 e. The Morgan fingerprint density at radius 3 is 2.65 bits per heavy atom. The Labute approximate surface area is 203 Å². The number of hydrogen-bond donors (Lipinski definition) is 2. The van der Waals surface area contributed by atoms with Gasteiger partial charge in [-0.1, -0.05) is 23.7 Å². The van der Waals surface area contributed by atoms with Crippen molar-refractivity contribution in [1.29, 1.82) is 0 Å². The first kappa shape index (κ1) is 22.4. The number of halogens is 1. The quantitative estimate of drug-likeness (QED) is 0.599. The summed E-state index contributed by atoms with van der Waals surface area (Å²) in [6.45, 7) is 3.75. The molecule has 0 atom stereocenters. The molecule has 9 heteroatoms. The molecule has 1 saturated heterocycles. The first-order valence-corrected chi connectivity index (χ1v) is 11.9. The fraction of sp³-hybridized carbons (Fsp3) is 0.360. The van der Waals surface area contributed by atoms with Crippen molar-refractivity contribution in [3.05, 3.63) is 58.7 Å². The predicted octanol–water partition coefficient (Wildman–Crippen LogP) is 3.25. The molecule has 0 unspecified atom stereocenters. The normalized spacial score (nSPS) is 15.9. The molecule has 5 rings (SSSR count).